The first-order valence-electron chi connectivity index (χ1n) is 12.0. The van der Waals surface area contributed by atoms with Crippen LogP contribution in [0.4, 0.5) is 0 Å². The van der Waals surface area contributed by atoms with Crippen LogP contribution in [0.25, 0.3) is 0 Å². The van der Waals surface area contributed by atoms with E-state index in [1.807, 2.05) is 23.1 Å². The smallest absolute Gasteiger partial charge is 0.234 e. The summed E-state index contributed by atoms with van der Waals surface area (Å²) in [6, 6.07) is 7.26. The van der Waals surface area contributed by atoms with Crippen molar-refractivity contribution in [1.82, 2.24) is 4.90 Å². The van der Waals surface area contributed by atoms with Crippen molar-refractivity contribution in [3.05, 3.63) is 64.9 Å². The molecule has 2 bridgehead atoms. The number of nitrogens with zero attached hydrogens (tertiary/aromatic N) is 1. The molecular formula is C28H37NO3. The van der Waals surface area contributed by atoms with Crippen LogP contribution in [0.5, 0.6) is 5.75 Å². The SMILES string of the molecule is C=C1CC[C@@H]2CC[C@@H]3C(=O)N(CCc4ccc(O)cc4)C(=C3C2(C)C)CC(C)=C[C@@H](O)C1. The van der Waals surface area contributed by atoms with E-state index in [2.05, 4.69) is 27.4 Å². The summed E-state index contributed by atoms with van der Waals surface area (Å²) in [7, 11) is 0. The van der Waals surface area contributed by atoms with Crippen LogP contribution in [0.2, 0.25) is 0 Å². The fraction of sp³-hybridized carbons (Fsp3) is 0.536. The van der Waals surface area contributed by atoms with Crippen LogP contribution >= 0.6 is 0 Å². The van der Waals surface area contributed by atoms with Gasteiger partial charge in [0.1, 0.15) is 5.75 Å². The number of carbonyl (C=O) groups excluding carboxylic acids is 1. The first kappa shape index (κ1) is 22.8. The van der Waals surface area contributed by atoms with Crippen LogP contribution in [0, 0.1) is 17.3 Å². The molecule has 1 aliphatic heterocycles. The van der Waals surface area contributed by atoms with Crippen molar-refractivity contribution < 1.29 is 15.0 Å². The Kier molecular flexibility index (Phi) is 6.35. The average molecular weight is 436 g/mol. The standard InChI is InChI=1S/C28H37NO3/c1-18-5-8-21-9-12-24-26(28(21,3)4)25(17-19(2)16-23(31)15-18)29(27(24)32)14-13-20-6-10-22(30)11-7-20/h6-7,10-11,16,21,23-24,30-31H,1,5,8-9,12-15,17H2,2-4H3/t21-,23+,24+/m1/s1. The summed E-state index contributed by atoms with van der Waals surface area (Å²) in [4.78, 5) is 15.6. The number of benzene rings is 1. The third kappa shape index (κ3) is 4.43. The minimum Gasteiger partial charge on any atom is -0.508 e. The number of rotatable bonds is 3. The summed E-state index contributed by atoms with van der Waals surface area (Å²) < 4.78 is 0. The number of hydrogen-bond donors (Lipinski definition) is 2. The van der Waals surface area contributed by atoms with E-state index in [0.29, 0.717) is 25.3 Å². The number of phenols is 1. The molecule has 1 aromatic carbocycles. The monoisotopic (exact) mass is 435 g/mol. The van der Waals surface area contributed by atoms with Gasteiger partial charge in [0.05, 0.1) is 12.0 Å². The van der Waals surface area contributed by atoms with Gasteiger partial charge in [-0.1, -0.05) is 49.8 Å². The summed E-state index contributed by atoms with van der Waals surface area (Å²) in [6.45, 7) is 11.6. The molecule has 172 valence electrons. The van der Waals surface area contributed by atoms with E-state index >= 15 is 0 Å². The van der Waals surface area contributed by atoms with E-state index in [1.165, 1.54) is 5.57 Å². The van der Waals surface area contributed by atoms with Crippen LogP contribution in [-0.4, -0.2) is 33.7 Å². The lowest BCUT2D eigenvalue weighted by atomic mass is 9.60. The Bertz CT molecular complexity index is 953. The van der Waals surface area contributed by atoms with Gasteiger partial charge in [-0.2, -0.15) is 0 Å². The Morgan fingerprint density at radius 2 is 1.88 bits per heavy atom. The maximum atomic E-state index is 13.6. The van der Waals surface area contributed by atoms with Crippen LogP contribution in [0.1, 0.15) is 64.9 Å². The summed E-state index contributed by atoms with van der Waals surface area (Å²) in [6.07, 6.45) is 7.49. The maximum Gasteiger partial charge on any atom is 0.234 e. The minimum absolute atomic E-state index is 0.0140. The highest BCUT2D eigenvalue weighted by Crippen LogP contribution is 2.55. The largest absolute Gasteiger partial charge is 0.508 e. The van der Waals surface area contributed by atoms with E-state index < -0.39 is 6.10 Å². The predicted molar refractivity (Wildman–Crippen MR) is 128 cm³/mol. The summed E-state index contributed by atoms with van der Waals surface area (Å²) in [5.74, 6) is 1.01. The molecule has 0 spiro atoms. The second-order valence-corrected chi connectivity index (χ2v) is 10.6. The van der Waals surface area contributed by atoms with Gasteiger partial charge in [-0.3, -0.25) is 4.79 Å². The second kappa shape index (κ2) is 8.90. The number of aliphatic hydroxyl groups excluding tert-OH is 1. The molecule has 1 aromatic rings. The van der Waals surface area contributed by atoms with E-state index in [4.69, 9.17) is 0 Å². The lowest BCUT2D eigenvalue weighted by Crippen LogP contribution is -2.37. The summed E-state index contributed by atoms with van der Waals surface area (Å²) in [5, 5.41) is 20.1. The molecule has 0 saturated heterocycles. The highest BCUT2D eigenvalue weighted by atomic mass is 16.3. The van der Waals surface area contributed by atoms with E-state index in [0.717, 1.165) is 54.5 Å². The Morgan fingerprint density at radius 1 is 1.16 bits per heavy atom. The minimum atomic E-state index is -0.515. The number of hydrogen-bond acceptors (Lipinski definition) is 3. The van der Waals surface area contributed by atoms with Crippen molar-refractivity contribution in [2.45, 2.75) is 71.8 Å². The van der Waals surface area contributed by atoms with Gasteiger partial charge in [0, 0.05) is 18.7 Å². The lowest BCUT2D eigenvalue weighted by Gasteiger charge is -2.43. The topological polar surface area (TPSA) is 60.8 Å². The van der Waals surface area contributed by atoms with Crippen LogP contribution in [0.3, 0.4) is 0 Å². The molecule has 4 nitrogen and oxygen atoms in total. The molecule has 0 radical (unpaired) electrons. The molecule has 4 heteroatoms. The normalized spacial score (nSPS) is 28.3. The van der Waals surface area contributed by atoms with Gasteiger partial charge < -0.3 is 15.1 Å². The molecule has 32 heavy (non-hydrogen) atoms. The molecule has 4 rings (SSSR count). The lowest BCUT2D eigenvalue weighted by molar-refractivity contribution is -0.131. The van der Waals surface area contributed by atoms with Gasteiger partial charge in [-0.25, -0.2) is 0 Å². The first-order valence-corrected chi connectivity index (χ1v) is 12.0. The fourth-order valence-corrected chi connectivity index (χ4v) is 6.16. The van der Waals surface area contributed by atoms with Crippen molar-refractivity contribution in [2.24, 2.45) is 17.3 Å². The number of phenolic OH excluding ortho intramolecular Hbond substituents is 1. The molecule has 1 fully saturated rings. The Balaban J connectivity index is 1.70. The van der Waals surface area contributed by atoms with Gasteiger partial charge in [0.25, 0.3) is 0 Å². The molecule has 0 unspecified atom stereocenters. The fourth-order valence-electron chi connectivity index (χ4n) is 6.16. The molecule has 3 atom stereocenters. The maximum absolute atomic E-state index is 13.6. The predicted octanol–water partition coefficient (Wildman–Crippen LogP) is 5.52. The third-order valence-corrected chi connectivity index (χ3v) is 7.90. The van der Waals surface area contributed by atoms with Gasteiger partial charge in [-0.05, 0) is 80.1 Å². The van der Waals surface area contributed by atoms with Crippen molar-refractivity contribution >= 4 is 5.91 Å². The van der Waals surface area contributed by atoms with Crippen molar-refractivity contribution in [2.75, 3.05) is 6.54 Å². The zero-order chi connectivity index (χ0) is 23.0. The number of allylic oxidation sites excluding steroid dienone is 1. The third-order valence-electron chi connectivity index (χ3n) is 7.90. The zero-order valence-electron chi connectivity index (χ0n) is 19.7. The Labute approximate surface area is 192 Å². The summed E-state index contributed by atoms with van der Waals surface area (Å²) in [5.41, 5.74) is 5.80. The zero-order valence-corrected chi connectivity index (χ0v) is 19.7. The molecule has 2 N–H and O–H groups in total. The molecule has 0 aromatic heterocycles. The molecule has 1 heterocycles. The van der Waals surface area contributed by atoms with Crippen LogP contribution in [0.15, 0.2) is 59.3 Å². The first-order chi connectivity index (χ1) is 15.2. The Morgan fingerprint density at radius 3 is 2.59 bits per heavy atom. The van der Waals surface area contributed by atoms with Gasteiger partial charge in [0.2, 0.25) is 5.91 Å². The number of aliphatic hydroxyl groups is 1. The van der Waals surface area contributed by atoms with Gasteiger partial charge in [0.15, 0.2) is 0 Å². The highest BCUT2D eigenvalue weighted by Gasteiger charge is 2.50. The van der Waals surface area contributed by atoms with Crippen LogP contribution in [-0.2, 0) is 11.2 Å². The average Bonchev–Trinajstić information content (AvgIpc) is 2.98. The van der Waals surface area contributed by atoms with Crippen molar-refractivity contribution in [3.8, 4) is 5.75 Å². The van der Waals surface area contributed by atoms with E-state index in [-0.39, 0.29) is 23.0 Å². The van der Waals surface area contributed by atoms with E-state index in [1.54, 1.807) is 12.1 Å². The quantitative estimate of drug-likeness (QED) is 0.615. The number of amides is 1. The van der Waals surface area contributed by atoms with Gasteiger partial charge in [-0.15, -0.1) is 0 Å². The highest BCUT2D eigenvalue weighted by molar-refractivity contribution is 5.88. The molecular weight excluding hydrogens is 398 g/mol. The molecule has 1 saturated carbocycles. The number of fused-ring (bicyclic) bond motifs is 1. The molecule has 3 aliphatic rings. The number of aromatic hydroxyl groups is 1. The second-order valence-electron chi connectivity index (χ2n) is 10.6. The van der Waals surface area contributed by atoms with Crippen molar-refractivity contribution in [1.29, 1.82) is 0 Å². The van der Waals surface area contributed by atoms with Crippen LogP contribution < -0.4 is 0 Å². The molecule has 2 aliphatic carbocycles. The molecule has 1 amide bonds. The Hall–Kier alpha value is -2.33. The van der Waals surface area contributed by atoms with Gasteiger partial charge >= 0.3 is 0 Å². The number of carbonyl (C=O) groups is 1. The van der Waals surface area contributed by atoms with Crippen molar-refractivity contribution in [3.63, 3.8) is 0 Å². The van der Waals surface area contributed by atoms with E-state index in [9.17, 15) is 15.0 Å². The summed E-state index contributed by atoms with van der Waals surface area (Å²) >= 11 is 0.